The van der Waals surface area contributed by atoms with Crippen LogP contribution >= 0.6 is 0 Å². The Bertz CT molecular complexity index is 1160. The summed E-state index contributed by atoms with van der Waals surface area (Å²) in [6.07, 6.45) is 3.71. The van der Waals surface area contributed by atoms with Gasteiger partial charge in [-0.25, -0.2) is 4.98 Å². The molecule has 0 spiro atoms. The van der Waals surface area contributed by atoms with E-state index < -0.39 is 0 Å². The molecule has 0 aliphatic rings. The molecule has 0 fully saturated rings. The Labute approximate surface area is 144 Å². The van der Waals surface area contributed by atoms with Crippen molar-refractivity contribution in [3.63, 3.8) is 0 Å². The number of benzene rings is 2. The Balaban J connectivity index is 1.87. The summed E-state index contributed by atoms with van der Waals surface area (Å²) in [4.78, 5) is 7.68. The Hall–Kier alpha value is -3.83. The molecule has 1 N–H and O–H groups in total. The lowest BCUT2D eigenvalue weighted by Gasteiger charge is -1.96. The van der Waals surface area contributed by atoms with Crippen molar-refractivity contribution >= 4 is 33.6 Å². The molecule has 0 amide bonds. The number of aromatic amines is 1. The number of aromatic nitrogens is 3. The molecule has 0 aliphatic heterocycles. The fourth-order valence-electron chi connectivity index (χ4n) is 2.99. The third kappa shape index (κ3) is 2.54. The highest BCUT2D eigenvalue weighted by Gasteiger charge is 2.11. The summed E-state index contributed by atoms with van der Waals surface area (Å²) in [6.45, 7) is 0.265. The summed E-state index contributed by atoms with van der Waals surface area (Å²) in [6, 6.07) is 19.9. The van der Waals surface area contributed by atoms with E-state index in [1.807, 2.05) is 65.4 Å². The predicted molar refractivity (Wildman–Crippen MR) is 97.1 cm³/mol. The van der Waals surface area contributed by atoms with Crippen LogP contribution in [0.2, 0.25) is 0 Å². The van der Waals surface area contributed by atoms with Crippen molar-refractivity contribution in [3.05, 3.63) is 66.1 Å². The average Bonchev–Trinajstić information content (AvgIpc) is 3.22. The Morgan fingerprint density at radius 3 is 2.72 bits per heavy atom. The number of nitriles is 2. The van der Waals surface area contributed by atoms with Gasteiger partial charge in [-0.05, 0) is 24.3 Å². The van der Waals surface area contributed by atoms with Gasteiger partial charge in [0, 0.05) is 22.7 Å². The Morgan fingerprint density at radius 2 is 1.92 bits per heavy atom. The summed E-state index contributed by atoms with van der Waals surface area (Å²) in [5.41, 5.74) is 4.03. The van der Waals surface area contributed by atoms with Gasteiger partial charge in [0.15, 0.2) is 0 Å². The molecule has 5 nitrogen and oxygen atoms in total. The van der Waals surface area contributed by atoms with E-state index in [2.05, 4.69) is 22.1 Å². The molecule has 0 unspecified atom stereocenters. The molecule has 0 saturated carbocycles. The first-order chi connectivity index (χ1) is 12.3. The van der Waals surface area contributed by atoms with Gasteiger partial charge in [-0.2, -0.15) is 10.5 Å². The van der Waals surface area contributed by atoms with Crippen LogP contribution in [-0.2, 0) is 6.54 Å². The van der Waals surface area contributed by atoms with Gasteiger partial charge in [-0.1, -0.05) is 30.3 Å². The molecule has 0 radical (unpaired) electrons. The zero-order chi connectivity index (χ0) is 17.2. The summed E-state index contributed by atoms with van der Waals surface area (Å²) in [5.74, 6) is 0.542. The van der Waals surface area contributed by atoms with Gasteiger partial charge in [0.2, 0.25) is 0 Å². The topological polar surface area (TPSA) is 81.2 Å². The van der Waals surface area contributed by atoms with Crippen molar-refractivity contribution in [1.82, 2.24) is 14.5 Å². The van der Waals surface area contributed by atoms with Gasteiger partial charge < -0.3 is 9.55 Å². The van der Waals surface area contributed by atoms with Crippen LogP contribution in [0.1, 0.15) is 11.4 Å². The highest BCUT2D eigenvalue weighted by atomic mass is 15.0. The molecule has 2 heterocycles. The molecule has 0 bridgehead atoms. The largest absolute Gasteiger partial charge is 0.337 e. The van der Waals surface area contributed by atoms with E-state index in [0.717, 1.165) is 27.5 Å². The van der Waals surface area contributed by atoms with Gasteiger partial charge in [0.1, 0.15) is 18.4 Å². The molecular formula is C20H13N5. The van der Waals surface area contributed by atoms with E-state index in [0.29, 0.717) is 11.4 Å². The minimum Gasteiger partial charge on any atom is -0.337 e. The third-order valence-electron chi connectivity index (χ3n) is 4.13. The third-order valence-corrected chi connectivity index (χ3v) is 4.13. The van der Waals surface area contributed by atoms with E-state index >= 15 is 0 Å². The van der Waals surface area contributed by atoms with Crippen molar-refractivity contribution in [2.24, 2.45) is 0 Å². The van der Waals surface area contributed by atoms with E-state index in [4.69, 9.17) is 5.26 Å². The second-order valence-electron chi connectivity index (χ2n) is 5.66. The van der Waals surface area contributed by atoms with E-state index in [1.54, 1.807) is 0 Å². The first-order valence-corrected chi connectivity index (χ1v) is 7.82. The zero-order valence-corrected chi connectivity index (χ0v) is 13.3. The van der Waals surface area contributed by atoms with Crippen LogP contribution in [0.3, 0.4) is 0 Å². The predicted octanol–water partition coefficient (Wildman–Crippen LogP) is 4.11. The van der Waals surface area contributed by atoms with E-state index in [1.165, 1.54) is 0 Å². The second-order valence-corrected chi connectivity index (χ2v) is 5.66. The zero-order valence-electron chi connectivity index (χ0n) is 13.3. The van der Waals surface area contributed by atoms with Gasteiger partial charge in [-0.3, -0.25) is 0 Å². The van der Waals surface area contributed by atoms with E-state index in [9.17, 15) is 5.26 Å². The number of fused-ring (bicyclic) bond motifs is 2. The summed E-state index contributed by atoms with van der Waals surface area (Å²) in [5, 5.41) is 19.6. The van der Waals surface area contributed by atoms with Crippen molar-refractivity contribution < 1.29 is 0 Å². The molecule has 118 valence electrons. The number of imidazole rings is 1. The van der Waals surface area contributed by atoms with Crippen LogP contribution < -0.4 is 0 Å². The molecule has 5 heteroatoms. The fraction of sp³-hybridized carbons (Fsp3) is 0.0500. The van der Waals surface area contributed by atoms with Crippen LogP contribution in [0.5, 0.6) is 0 Å². The number of H-pyrrole nitrogens is 1. The lowest BCUT2D eigenvalue weighted by molar-refractivity contribution is 0.873. The maximum absolute atomic E-state index is 9.61. The normalized spacial score (nSPS) is 11.5. The van der Waals surface area contributed by atoms with Crippen molar-refractivity contribution in [2.75, 3.05) is 0 Å². The quantitative estimate of drug-likeness (QED) is 0.576. The molecule has 2 aromatic heterocycles. The number of nitrogens with zero attached hydrogens (tertiary/aromatic N) is 4. The maximum Gasteiger partial charge on any atom is 0.149 e. The second kappa shape index (κ2) is 5.99. The molecule has 25 heavy (non-hydrogen) atoms. The smallest absolute Gasteiger partial charge is 0.149 e. The number of hydrogen-bond acceptors (Lipinski definition) is 3. The molecular weight excluding hydrogens is 310 g/mol. The van der Waals surface area contributed by atoms with E-state index in [-0.39, 0.29) is 6.54 Å². The minimum absolute atomic E-state index is 0.265. The molecule has 4 aromatic rings. The monoisotopic (exact) mass is 323 g/mol. The maximum atomic E-state index is 9.61. The lowest BCUT2D eigenvalue weighted by atomic mass is 10.1. The minimum atomic E-state index is 0.265. The molecule has 0 saturated heterocycles. The van der Waals surface area contributed by atoms with Crippen LogP contribution in [0.15, 0.2) is 54.7 Å². The number of rotatable bonds is 3. The average molecular weight is 323 g/mol. The molecule has 0 atom stereocenters. The number of para-hydroxylation sites is 3. The van der Waals surface area contributed by atoms with Gasteiger partial charge >= 0.3 is 0 Å². The lowest BCUT2D eigenvalue weighted by Crippen LogP contribution is -1.91. The number of allylic oxidation sites excluding steroid dienone is 1. The number of nitrogens with one attached hydrogen (secondary N) is 1. The van der Waals surface area contributed by atoms with Gasteiger partial charge in [0.25, 0.3) is 0 Å². The Morgan fingerprint density at radius 1 is 1.12 bits per heavy atom. The Kier molecular flexibility index (Phi) is 3.53. The van der Waals surface area contributed by atoms with Gasteiger partial charge in [0.05, 0.1) is 22.7 Å². The highest BCUT2D eigenvalue weighted by molar-refractivity contribution is 5.98. The number of hydrogen-bond donors (Lipinski definition) is 1. The first-order valence-electron chi connectivity index (χ1n) is 7.82. The van der Waals surface area contributed by atoms with Gasteiger partial charge in [-0.15, -0.1) is 0 Å². The summed E-state index contributed by atoms with van der Waals surface area (Å²) < 4.78 is 1.88. The fourth-order valence-corrected chi connectivity index (χ4v) is 2.99. The summed E-state index contributed by atoms with van der Waals surface area (Å²) >= 11 is 0. The standard InChI is InChI=1S/C20H13N5/c21-9-10-25-13-15(16-5-1-4-8-19(16)25)11-14(12-22)20-23-17-6-2-3-7-18(17)24-20/h1-8,11,13H,10H2,(H,23,24)/b14-11-. The van der Waals surface area contributed by atoms with Crippen LogP contribution in [0.25, 0.3) is 33.6 Å². The molecule has 4 rings (SSSR count). The van der Waals surface area contributed by atoms with Crippen LogP contribution in [0.4, 0.5) is 0 Å². The van der Waals surface area contributed by atoms with Crippen molar-refractivity contribution in [1.29, 1.82) is 10.5 Å². The highest BCUT2D eigenvalue weighted by Crippen LogP contribution is 2.26. The first kappa shape index (κ1) is 14.7. The van der Waals surface area contributed by atoms with Crippen LogP contribution in [0, 0.1) is 22.7 Å². The van der Waals surface area contributed by atoms with Crippen molar-refractivity contribution in [2.45, 2.75) is 6.54 Å². The molecule has 0 aliphatic carbocycles. The molecule has 2 aromatic carbocycles. The SMILES string of the molecule is N#CCn1cc(/C=C(/C#N)c2nc3ccccc3[nH]2)c2ccccc21. The summed E-state index contributed by atoms with van der Waals surface area (Å²) in [7, 11) is 0. The van der Waals surface area contributed by atoms with Crippen LogP contribution in [-0.4, -0.2) is 14.5 Å². The van der Waals surface area contributed by atoms with Crippen molar-refractivity contribution in [3.8, 4) is 12.1 Å².